The van der Waals surface area contributed by atoms with Gasteiger partial charge in [0, 0.05) is 19.1 Å². The van der Waals surface area contributed by atoms with E-state index < -0.39 is 0 Å². The summed E-state index contributed by atoms with van der Waals surface area (Å²) in [6, 6.07) is 10.2. The van der Waals surface area contributed by atoms with E-state index in [1.165, 1.54) is 0 Å². The molecule has 0 aliphatic rings. The third kappa shape index (κ3) is 5.75. The van der Waals surface area contributed by atoms with Crippen molar-refractivity contribution in [3.05, 3.63) is 35.9 Å². The standard InChI is InChI=1S/C15H25N3O/c1-4-18(5-2)13(3)11-16-15(19)17-12-14-9-7-6-8-10-14/h6-10,13H,4-5,11-12H2,1-3H3,(H2,16,17,19). The summed E-state index contributed by atoms with van der Waals surface area (Å²) in [6.45, 7) is 9.64. The van der Waals surface area contributed by atoms with Crippen molar-refractivity contribution >= 4 is 6.03 Å². The fourth-order valence-electron chi connectivity index (χ4n) is 2.06. The van der Waals surface area contributed by atoms with Gasteiger partial charge in [-0.15, -0.1) is 0 Å². The molecule has 4 nitrogen and oxygen atoms in total. The maximum absolute atomic E-state index is 11.7. The number of benzene rings is 1. The second kappa shape index (κ2) is 8.53. The summed E-state index contributed by atoms with van der Waals surface area (Å²) >= 11 is 0. The summed E-state index contributed by atoms with van der Waals surface area (Å²) in [5.41, 5.74) is 1.11. The minimum Gasteiger partial charge on any atom is -0.337 e. The zero-order chi connectivity index (χ0) is 14.1. The predicted molar refractivity (Wildman–Crippen MR) is 79.1 cm³/mol. The van der Waals surface area contributed by atoms with E-state index in [1.807, 2.05) is 30.3 Å². The number of amides is 2. The average molecular weight is 263 g/mol. The highest BCUT2D eigenvalue weighted by atomic mass is 16.2. The van der Waals surface area contributed by atoms with Crippen LogP contribution in [0.25, 0.3) is 0 Å². The number of carbonyl (C=O) groups excluding carboxylic acids is 1. The van der Waals surface area contributed by atoms with Gasteiger partial charge in [-0.05, 0) is 25.6 Å². The lowest BCUT2D eigenvalue weighted by Gasteiger charge is -2.26. The van der Waals surface area contributed by atoms with Crippen LogP contribution in [0.4, 0.5) is 4.79 Å². The molecule has 0 aliphatic carbocycles. The normalized spacial score (nSPS) is 12.2. The van der Waals surface area contributed by atoms with Crippen LogP contribution < -0.4 is 10.6 Å². The van der Waals surface area contributed by atoms with Gasteiger partial charge in [0.15, 0.2) is 0 Å². The van der Waals surface area contributed by atoms with Crippen LogP contribution in [0, 0.1) is 0 Å². The largest absolute Gasteiger partial charge is 0.337 e. The van der Waals surface area contributed by atoms with Crippen LogP contribution in [0.15, 0.2) is 30.3 Å². The van der Waals surface area contributed by atoms with Gasteiger partial charge < -0.3 is 10.6 Å². The monoisotopic (exact) mass is 263 g/mol. The predicted octanol–water partition coefficient (Wildman–Crippen LogP) is 2.22. The SMILES string of the molecule is CCN(CC)C(C)CNC(=O)NCc1ccccc1. The molecule has 2 amide bonds. The molecule has 0 heterocycles. The van der Waals surface area contributed by atoms with E-state index in [2.05, 4.69) is 36.3 Å². The summed E-state index contributed by atoms with van der Waals surface area (Å²) in [6.07, 6.45) is 0. The van der Waals surface area contributed by atoms with Gasteiger partial charge in [-0.3, -0.25) is 4.90 Å². The lowest BCUT2D eigenvalue weighted by Crippen LogP contribution is -2.44. The molecule has 106 valence electrons. The lowest BCUT2D eigenvalue weighted by atomic mass is 10.2. The molecule has 0 saturated carbocycles. The molecule has 0 saturated heterocycles. The maximum Gasteiger partial charge on any atom is 0.315 e. The van der Waals surface area contributed by atoms with E-state index in [9.17, 15) is 4.79 Å². The van der Waals surface area contributed by atoms with Crippen molar-refractivity contribution in [1.29, 1.82) is 0 Å². The molecular weight excluding hydrogens is 238 g/mol. The van der Waals surface area contributed by atoms with Crippen LogP contribution in [0.3, 0.4) is 0 Å². The van der Waals surface area contributed by atoms with Gasteiger partial charge in [0.05, 0.1) is 0 Å². The van der Waals surface area contributed by atoms with Crippen LogP contribution >= 0.6 is 0 Å². The second-order valence-electron chi connectivity index (χ2n) is 4.62. The van der Waals surface area contributed by atoms with Gasteiger partial charge in [0.1, 0.15) is 0 Å². The number of urea groups is 1. The quantitative estimate of drug-likeness (QED) is 0.792. The van der Waals surface area contributed by atoms with E-state index in [-0.39, 0.29) is 6.03 Å². The van der Waals surface area contributed by atoms with Crippen molar-refractivity contribution < 1.29 is 4.79 Å². The van der Waals surface area contributed by atoms with E-state index in [1.54, 1.807) is 0 Å². The summed E-state index contributed by atoms with van der Waals surface area (Å²) in [5.74, 6) is 0. The van der Waals surface area contributed by atoms with Crippen LogP contribution in [0.2, 0.25) is 0 Å². The zero-order valence-electron chi connectivity index (χ0n) is 12.1. The Kier molecular flexibility index (Phi) is 6.97. The maximum atomic E-state index is 11.7. The zero-order valence-corrected chi connectivity index (χ0v) is 12.1. The Bertz CT molecular complexity index is 363. The van der Waals surface area contributed by atoms with E-state index >= 15 is 0 Å². The van der Waals surface area contributed by atoms with Crippen molar-refractivity contribution in [2.24, 2.45) is 0 Å². The van der Waals surface area contributed by atoms with Gasteiger partial charge in [0.2, 0.25) is 0 Å². The fourth-order valence-corrected chi connectivity index (χ4v) is 2.06. The second-order valence-corrected chi connectivity index (χ2v) is 4.62. The highest BCUT2D eigenvalue weighted by Gasteiger charge is 2.10. The number of nitrogens with zero attached hydrogens (tertiary/aromatic N) is 1. The van der Waals surface area contributed by atoms with E-state index in [0.29, 0.717) is 19.1 Å². The Morgan fingerprint density at radius 2 is 1.79 bits per heavy atom. The van der Waals surface area contributed by atoms with E-state index in [0.717, 1.165) is 18.7 Å². The van der Waals surface area contributed by atoms with Gasteiger partial charge in [0.25, 0.3) is 0 Å². The minimum atomic E-state index is -0.108. The molecule has 0 bridgehead atoms. The Labute approximate surface area is 116 Å². The highest BCUT2D eigenvalue weighted by Crippen LogP contribution is 1.98. The summed E-state index contributed by atoms with van der Waals surface area (Å²) in [7, 11) is 0. The average Bonchev–Trinajstić information content (AvgIpc) is 2.45. The fraction of sp³-hybridized carbons (Fsp3) is 0.533. The van der Waals surface area contributed by atoms with E-state index in [4.69, 9.17) is 0 Å². The number of hydrogen-bond acceptors (Lipinski definition) is 2. The van der Waals surface area contributed by atoms with Crippen LogP contribution in [0.5, 0.6) is 0 Å². The molecule has 0 aromatic heterocycles. The van der Waals surface area contributed by atoms with Crippen molar-refractivity contribution in [2.45, 2.75) is 33.4 Å². The number of likely N-dealkylation sites (N-methyl/N-ethyl adjacent to an activating group) is 1. The van der Waals surface area contributed by atoms with Crippen LogP contribution in [0.1, 0.15) is 26.3 Å². The Morgan fingerprint density at radius 3 is 2.37 bits per heavy atom. The third-order valence-corrected chi connectivity index (χ3v) is 3.29. The van der Waals surface area contributed by atoms with Crippen molar-refractivity contribution in [3.8, 4) is 0 Å². The molecule has 0 radical (unpaired) electrons. The Hall–Kier alpha value is -1.55. The van der Waals surface area contributed by atoms with Crippen molar-refractivity contribution in [2.75, 3.05) is 19.6 Å². The summed E-state index contributed by atoms with van der Waals surface area (Å²) in [5, 5.41) is 5.77. The molecule has 1 atom stereocenters. The molecule has 1 unspecified atom stereocenters. The Morgan fingerprint density at radius 1 is 1.16 bits per heavy atom. The molecular formula is C15H25N3O. The summed E-state index contributed by atoms with van der Waals surface area (Å²) < 4.78 is 0. The first kappa shape index (κ1) is 15.5. The van der Waals surface area contributed by atoms with Crippen LogP contribution in [-0.4, -0.2) is 36.6 Å². The highest BCUT2D eigenvalue weighted by molar-refractivity contribution is 5.73. The molecule has 1 aromatic rings. The molecule has 0 fully saturated rings. The number of hydrogen-bond donors (Lipinski definition) is 2. The third-order valence-electron chi connectivity index (χ3n) is 3.29. The van der Waals surface area contributed by atoms with Gasteiger partial charge in [-0.2, -0.15) is 0 Å². The number of carbonyl (C=O) groups is 1. The molecule has 1 rings (SSSR count). The number of nitrogens with one attached hydrogen (secondary N) is 2. The van der Waals surface area contributed by atoms with Crippen LogP contribution in [-0.2, 0) is 6.54 Å². The lowest BCUT2D eigenvalue weighted by molar-refractivity contribution is 0.214. The Balaban J connectivity index is 2.24. The number of rotatable bonds is 7. The van der Waals surface area contributed by atoms with Gasteiger partial charge in [-0.25, -0.2) is 4.79 Å². The molecule has 2 N–H and O–H groups in total. The molecule has 19 heavy (non-hydrogen) atoms. The molecule has 0 spiro atoms. The first-order valence-corrected chi connectivity index (χ1v) is 6.97. The van der Waals surface area contributed by atoms with Gasteiger partial charge in [-0.1, -0.05) is 44.2 Å². The van der Waals surface area contributed by atoms with Crippen molar-refractivity contribution in [3.63, 3.8) is 0 Å². The molecule has 4 heteroatoms. The smallest absolute Gasteiger partial charge is 0.315 e. The topological polar surface area (TPSA) is 44.4 Å². The van der Waals surface area contributed by atoms with Gasteiger partial charge >= 0.3 is 6.03 Å². The van der Waals surface area contributed by atoms with Crippen molar-refractivity contribution in [1.82, 2.24) is 15.5 Å². The first-order chi connectivity index (χ1) is 9.17. The minimum absolute atomic E-state index is 0.108. The summed E-state index contributed by atoms with van der Waals surface area (Å²) in [4.78, 5) is 14.0. The molecule has 0 aliphatic heterocycles. The first-order valence-electron chi connectivity index (χ1n) is 6.97. The molecule has 1 aromatic carbocycles.